The molecule has 1 aromatic carbocycles. The number of unbranched alkanes of at least 4 members (excludes halogenated alkanes) is 1. The molecule has 1 fully saturated rings. The number of benzene rings is 1. The van der Waals surface area contributed by atoms with Gasteiger partial charge in [0.15, 0.2) is 11.6 Å². The van der Waals surface area contributed by atoms with Gasteiger partial charge in [-0.3, -0.25) is 9.80 Å². The number of hydrogen-bond donors (Lipinski definition) is 1. The van der Waals surface area contributed by atoms with Crippen LogP contribution in [0.5, 0.6) is 5.75 Å². The first-order valence-corrected chi connectivity index (χ1v) is 13.5. The minimum atomic E-state index is -0.881. The van der Waals surface area contributed by atoms with Crippen molar-refractivity contribution in [2.24, 2.45) is 0 Å². The number of aromatic nitrogens is 2. The fourth-order valence-electron chi connectivity index (χ4n) is 5.17. The highest BCUT2D eigenvalue weighted by atomic mass is 19.1. The zero-order chi connectivity index (χ0) is 26.4. The van der Waals surface area contributed by atoms with E-state index in [1.165, 1.54) is 6.07 Å². The lowest BCUT2D eigenvalue weighted by atomic mass is 10.1. The Hall–Kier alpha value is -3.01. The number of hydrogen-bond acceptors (Lipinski definition) is 6. The first-order chi connectivity index (χ1) is 18.0. The summed E-state index contributed by atoms with van der Waals surface area (Å²) in [6, 6.07) is 1.83. The molecule has 1 saturated carbocycles. The van der Waals surface area contributed by atoms with Gasteiger partial charge in [0.1, 0.15) is 17.3 Å². The largest absolute Gasteiger partial charge is 0.491 e. The van der Waals surface area contributed by atoms with Gasteiger partial charge in [-0.25, -0.2) is 18.6 Å². The molecule has 2 aromatic rings. The van der Waals surface area contributed by atoms with Gasteiger partial charge in [-0.1, -0.05) is 26.7 Å². The number of carbonyl (C=O) groups excluding carboxylic acids is 1. The van der Waals surface area contributed by atoms with Crippen LogP contribution < -0.4 is 19.9 Å². The lowest BCUT2D eigenvalue weighted by Crippen LogP contribution is -2.52. The number of rotatable bonds is 12. The average molecular weight is 517 g/mol. The number of amides is 2. The van der Waals surface area contributed by atoms with Crippen LogP contribution in [0.1, 0.15) is 64.9 Å². The Morgan fingerprint density at radius 3 is 2.59 bits per heavy atom. The number of urea groups is 1. The third-order valence-electron chi connectivity index (χ3n) is 7.21. The van der Waals surface area contributed by atoms with Gasteiger partial charge in [-0.15, -0.1) is 0 Å². The van der Waals surface area contributed by atoms with Crippen LogP contribution in [0.15, 0.2) is 18.3 Å². The van der Waals surface area contributed by atoms with Gasteiger partial charge in [0.05, 0.1) is 13.2 Å². The lowest BCUT2D eigenvalue weighted by Gasteiger charge is -2.39. The molecule has 2 aliphatic rings. The molecule has 1 aliphatic carbocycles. The summed E-state index contributed by atoms with van der Waals surface area (Å²) in [5, 5.41) is 3.28. The maximum Gasteiger partial charge on any atom is 0.330 e. The van der Waals surface area contributed by atoms with Crippen molar-refractivity contribution in [2.75, 3.05) is 47.9 Å². The summed E-state index contributed by atoms with van der Waals surface area (Å²) in [7, 11) is 0. The first-order valence-electron chi connectivity index (χ1n) is 13.5. The van der Waals surface area contributed by atoms with Crippen molar-refractivity contribution in [1.29, 1.82) is 0 Å². The molecular weight excluding hydrogens is 478 g/mol. The minimum absolute atomic E-state index is 0.0229. The molecule has 202 valence electrons. The number of nitrogens with zero attached hydrogens (tertiary/aromatic N) is 5. The van der Waals surface area contributed by atoms with Crippen molar-refractivity contribution in [1.82, 2.24) is 14.9 Å². The lowest BCUT2D eigenvalue weighted by molar-refractivity contribution is 0.246. The Labute approximate surface area is 218 Å². The molecule has 0 bridgehead atoms. The van der Waals surface area contributed by atoms with E-state index in [1.807, 2.05) is 0 Å². The van der Waals surface area contributed by atoms with Crippen LogP contribution in [0.3, 0.4) is 0 Å². The van der Waals surface area contributed by atoms with Crippen molar-refractivity contribution >= 4 is 23.5 Å². The molecule has 1 aromatic heterocycles. The Morgan fingerprint density at radius 2 is 1.89 bits per heavy atom. The molecule has 8 nitrogen and oxygen atoms in total. The molecule has 0 unspecified atom stereocenters. The molecule has 2 heterocycles. The van der Waals surface area contributed by atoms with Crippen molar-refractivity contribution < 1.29 is 18.3 Å². The maximum absolute atomic E-state index is 15.3. The van der Waals surface area contributed by atoms with E-state index >= 15 is 4.39 Å². The van der Waals surface area contributed by atoms with Crippen LogP contribution in [0.25, 0.3) is 0 Å². The molecule has 10 heteroatoms. The normalized spacial score (nSPS) is 16.0. The third-order valence-corrected chi connectivity index (χ3v) is 7.21. The van der Waals surface area contributed by atoms with E-state index in [0.29, 0.717) is 17.3 Å². The summed E-state index contributed by atoms with van der Waals surface area (Å²) in [5.74, 6) is -0.791. The van der Waals surface area contributed by atoms with Gasteiger partial charge in [0.25, 0.3) is 0 Å². The van der Waals surface area contributed by atoms with E-state index in [1.54, 1.807) is 18.0 Å². The zero-order valence-corrected chi connectivity index (χ0v) is 22.1. The van der Waals surface area contributed by atoms with E-state index < -0.39 is 23.4 Å². The van der Waals surface area contributed by atoms with Gasteiger partial charge in [0.2, 0.25) is 5.95 Å². The Morgan fingerprint density at radius 1 is 1.14 bits per heavy atom. The van der Waals surface area contributed by atoms with E-state index in [9.17, 15) is 9.18 Å². The Balaban J connectivity index is 1.57. The second kappa shape index (κ2) is 12.5. The topological polar surface area (TPSA) is 73.8 Å². The summed E-state index contributed by atoms with van der Waals surface area (Å²) >= 11 is 0. The van der Waals surface area contributed by atoms with Crippen molar-refractivity contribution in [3.63, 3.8) is 0 Å². The number of ether oxygens (including phenoxy) is 1. The van der Waals surface area contributed by atoms with Crippen LogP contribution in [0, 0.1) is 11.6 Å². The molecule has 0 atom stereocenters. The standard InChI is InChI=1S/C27H38F2N6O2/c1-4-33(5-2)16-10-9-15-30-26-31-17-19-18-34(24-21(28)13-14-22(23(24)29)37-6-3)27(36)35(25(19)32-26)20-11-7-8-12-20/h13-14,17,20H,4-12,15-16,18H2,1-3H3,(H,30,31,32). The maximum atomic E-state index is 15.3. The van der Waals surface area contributed by atoms with Crippen LogP contribution in [-0.2, 0) is 6.54 Å². The molecule has 0 spiro atoms. The van der Waals surface area contributed by atoms with Crippen molar-refractivity contribution in [3.05, 3.63) is 35.5 Å². The van der Waals surface area contributed by atoms with Gasteiger partial charge < -0.3 is 15.0 Å². The molecule has 1 N–H and O–H groups in total. The average Bonchev–Trinajstić information content (AvgIpc) is 3.43. The Bertz CT molecular complexity index is 1080. The van der Waals surface area contributed by atoms with Gasteiger partial charge in [-0.05, 0) is 64.4 Å². The van der Waals surface area contributed by atoms with Crippen LogP contribution in [-0.4, -0.2) is 59.7 Å². The van der Waals surface area contributed by atoms with Crippen molar-refractivity contribution in [2.45, 2.75) is 71.9 Å². The summed E-state index contributed by atoms with van der Waals surface area (Å²) in [4.78, 5) is 28.1. The SMILES string of the molecule is CCOc1ccc(F)c(N2Cc3cnc(NCCCCN(CC)CC)nc3N(C3CCCC3)C2=O)c1F. The fourth-order valence-corrected chi connectivity index (χ4v) is 5.17. The van der Waals surface area contributed by atoms with Crippen LogP contribution in [0.4, 0.5) is 31.0 Å². The molecule has 2 amide bonds. The molecule has 0 radical (unpaired) electrons. The molecule has 0 saturated heterocycles. The minimum Gasteiger partial charge on any atom is -0.491 e. The number of halogens is 2. The third kappa shape index (κ3) is 5.95. The van der Waals surface area contributed by atoms with E-state index in [2.05, 4.69) is 29.0 Å². The highest BCUT2D eigenvalue weighted by Crippen LogP contribution is 2.39. The smallest absolute Gasteiger partial charge is 0.330 e. The van der Waals surface area contributed by atoms with Gasteiger partial charge in [0, 0.05) is 24.3 Å². The number of anilines is 3. The second-order valence-electron chi connectivity index (χ2n) is 9.52. The van der Waals surface area contributed by atoms with Crippen molar-refractivity contribution in [3.8, 4) is 5.75 Å². The van der Waals surface area contributed by atoms with E-state index in [0.717, 1.165) is 75.7 Å². The van der Waals surface area contributed by atoms with E-state index in [-0.39, 0.29) is 24.9 Å². The van der Waals surface area contributed by atoms with Crippen LogP contribution in [0.2, 0.25) is 0 Å². The second-order valence-corrected chi connectivity index (χ2v) is 9.52. The highest BCUT2D eigenvalue weighted by Gasteiger charge is 2.40. The Kier molecular flexibility index (Phi) is 9.13. The molecule has 37 heavy (non-hydrogen) atoms. The molecular formula is C27H38F2N6O2. The summed E-state index contributed by atoms with van der Waals surface area (Å²) in [6.07, 6.45) is 7.33. The predicted molar refractivity (Wildman–Crippen MR) is 141 cm³/mol. The van der Waals surface area contributed by atoms with E-state index in [4.69, 9.17) is 9.72 Å². The van der Waals surface area contributed by atoms with Crippen LogP contribution >= 0.6 is 0 Å². The number of carbonyl (C=O) groups is 1. The molecule has 1 aliphatic heterocycles. The summed E-state index contributed by atoms with van der Waals surface area (Å²) in [6.45, 7) is 10.1. The summed E-state index contributed by atoms with van der Waals surface area (Å²) in [5.41, 5.74) is 0.249. The first kappa shape index (κ1) is 27.0. The van der Waals surface area contributed by atoms with Gasteiger partial charge >= 0.3 is 6.03 Å². The quantitative estimate of drug-likeness (QED) is 0.372. The zero-order valence-electron chi connectivity index (χ0n) is 22.1. The fraction of sp³-hybridized carbons (Fsp3) is 0.593. The highest BCUT2D eigenvalue weighted by molar-refractivity contribution is 6.06. The monoisotopic (exact) mass is 516 g/mol. The predicted octanol–water partition coefficient (Wildman–Crippen LogP) is 5.58. The molecule has 4 rings (SSSR count). The number of fused-ring (bicyclic) bond motifs is 1. The van der Waals surface area contributed by atoms with Gasteiger partial charge in [-0.2, -0.15) is 4.98 Å². The number of nitrogens with one attached hydrogen (secondary N) is 1. The summed E-state index contributed by atoms with van der Waals surface area (Å²) < 4.78 is 35.5.